The maximum absolute atomic E-state index is 13.4. The Balaban J connectivity index is 1.58. The van der Waals surface area contributed by atoms with E-state index in [1.54, 1.807) is 12.1 Å². The van der Waals surface area contributed by atoms with Gasteiger partial charge in [0.15, 0.2) is 0 Å². The van der Waals surface area contributed by atoms with Gasteiger partial charge in [-0.25, -0.2) is 13.9 Å². The summed E-state index contributed by atoms with van der Waals surface area (Å²) in [7, 11) is 0. The van der Waals surface area contributed by atoms with E-state index in [2.05, 4.69) is 10.4 Å². The van der Waals surface area contributed by atoms with Gasteiger partial charge in [-0.2, -0.15) is 5.10 Å². The van der Waals surface area contributed by atoms with Crippen LogP contribution in [0.25, 0.3) is 5.69 Å². The highest BCUT2D eigenvalue weighted by Gasteiger charge is 2.27. The Bertz CT molecular complexity index is 1020. The number of anilines is 1. The minimum atomic E-state index is -0.267. The quantitative estimate of drug-likeness (QED) is 0.551. The summed E-state index contributed by atoms with van der Waals surface area (Å²) in [6, 6.07) is 16.4. The summed E-state index contributed by atoms with van der Waals surface area (Å²) in [5.41, 5.74) is 4.30. The number of benzene rings is 2. The molecule has 0 unspecified atom stereocenters. The molecule has 0 aliphatic heterocycles. The van der Waals surface area contributed by atoms with Crippen LogP contribution in [0.1, 0.15) is 49.1 Å². The molecule has 0 radical (unpaired) electrons. The molecule has 0 spiro atoms. The molecule has 0 atom stereocenters. The number of carbonyl (C=O) groups is 1. The van der Waals surface area contributed by atoms with Crippen LogP contribution in [-0.4, -0.2) is 26.8 Å². The SMILES string of the molecule is Cc1nn(-c2ccccc2)c(C)c1NC(=O)N(Cc1ccc(F)cc1)C1CCCCC1. The summed E-state index contributed by atoms with van der Waals surface area (Å²) in [4.78, 5) is 15.3. The number of carbonyl (C=O) groups excluding carboxylic acids is 1. The van der Waals surface area contributed by atoms with Crippen LogP contribution in [0.4, 0.5) is 14.9 Å². The van der Waals surface area contributed by atoms with Gasteiger partial charge in [-0.1, -0.05) is 49.6 Å². The number of aryl methyl sites for hydroxylation is 1. The number of hydrogen-bond acceptors (Lipinski definition) is 2. The molecule has 162 valence electrons. The maximum Gasteiger partial charge on any atom is 0.322 e. The summed E-state index contributed by atoms with van der Waals surface area (Å²) in [5.74, 6) is -0.267. The van der Waals surface area contributed by atoms with Gasteiger partial charge in [-0.15, -0.1) is 0 Å². The molecule has 1 N–H and O–H groups in total. The van der Waals surface area contributed by atoms with Crippen molar-refractivity contribution in [2.75, 3.05) is 5.32 Å². The van der Waals surface area contributed by atoms with Crippen molar-refractivity contribution in [2.24, 2.45) is 0 Å². The van der Waals surface area contributed by atoms with Crippen LogP contribution in [-0.2, 0) is 6.54 Å². The van der Waals surface area contributed by atoms with E-state index in [4.69, 9.17) is 0 Å². The van der Waals surface area contributed by atoms with Crippen molar-refractivity contribution in [1.82, 2.24) is 14.7 Å². The molecule has 1 aliphatic rings. The lowest BCUT2D eigenvalue weighted by atomic mass is 9.94. The Hall–Kier alpha value is -3.15. The molecule has 0 bridgehead atoms. The molecule has 1 saturated carbocycles. The number of nitrogens with zero attached hydrogens (tertiary/aromatic N) is 3. The van der Waals surface area contributed by atoms with Crippen molar-refractivity contribution in [3.63, 3.8) is 0 Å². The van der Waals surface area contributed by atoms with Crippen LogP contribution >= 0.6 is 0 Å². The minimum absolute atomic E-state index is 0.130. The first-order valence-corrected chi connectivity index (χ1v) is 11.0. The van der Waals surface area contributed by atoms with Gasteiger partial charge in [0.25, 0.3) is 0 Å². The first-order valence-electron chi connectivity index (χ1n) is 11.0. The second kappa shape index (κ2) is 9.33. The van der Waals surface area contributed by atoms with E-state index in [1.165, 1.54) is 18.6 Å². The van der Waals surface area contributed by atoms with Crippen LogP contribution in [0.3, 0.4) is 0 Å². The molecule has 31 heavy (non-hydrogen) atoms. The third-order valence-electron chi connectivity index (χ3n) is 6.07. The average Bonchev–Trinajstić information content (AvgIpc) is 3.08. The fourth-order valence-electron chi connectivity index (χ4n) is 4.37. The second-order valence-electron chi connectivity index (χ2n) is 8.27. The number of hydrogen-bond donors (Lipinski definition) is 1. The van der Waals surface area contributed by atoms with Gasteiger partial charge in [0.05, 0.1) is 22.8 Å². The van der Waals surface area contributed by atoms with E-state index in [9.17, 15) is 9.18 Å². The number of amides is 2. The normalized spacial score (nSPS) is 14.4. The highest BCUT2D eigenvalue weighted by atomic mass is 19.1. The van der Waals surface area contributed by atoms with Gasteiger partial charge >= 0.3 is 6.03 Å². The van der Waals surface area contributed by atoms with E-state index in [0.717, 1.165) is 54.0 Å². The lowest BCUT2D eigenvalue weighted by molar-refractivity contribution is 0.162. The van der Waals surface area contributed by atoms with Crippen molar-refractivity contribution >= 4 is 11.7 Å². The molecule has 1 fully saturated rings. The molecule has 5 nitrogen and oxygen atoms in total. The van der Waals surface area contributed by atoms with Crippen LogP contribution in [0.15, 0.2) is 54.6 Å². The number of rotatable bonds is 5. The first kappa shape index (κ1) is 21.1. The molecular formula is C25H29FN4O. The monoisotopic (exact) mass is 420 g/mol. The zero-order valence-corrected chi connectivity index (χ0v) is 18.1. The Labute approximate surface area is 182 Å². The van der Waals surface area contributed by atoms with Gasteiger partial charge in [0.1, 0.15) is 5.82 Å². The predicted molar refractivity (Wildman–Crippen MR) is 121 cm³/mol. The standard InChI is InChI=1S/C25H29FN4O/c1-18-24(19(2)30(28-18)23-11-7-4-8-12-23)27-25(31)29(22-9-5-3-6-10-22)17-20-13-15-21(26)16-14-20/h4,7-8,11-16,22H,3,5-6,9-10,17H2,1-2H3,(H,27,31). The summed E-state index contributed by atoms with van der Waals surface area (Å²) in [5, 5.41) is 7.77. The summed E-state index contributed by atoms with van der Waals surface area (Å²) < 4.78 is 15.2. The molecule has 6 heteroatoms. The van der Waals surface area contributed by atoms with Gasteiger partial charge in [-0.05, 0) is 56.5 Å². The highest BCUT2D eigenvalue weighted by molar-refractivity contribution is 5.91. The number of nitrogens with one attached hydrogen (secondary N) is 1. The van der Waals surface area contributed by atoms with Crippen molar-refractivity contribution in [2.45, 2.75) is 58.5 Å². The van der Waals surface area contributed by atoms with Gasteiger partial charge in [0.2, 0.25) is 0 Å². The van der Waals surface area contributed by atoms with Crippen molar-refractivity contribution < 1.29 is 9.18 Å². The average molecular weight is 421 g/mol. The Morgan fingerprint density at radius 2 is 1.74 bits per heavy atom. The third-order valence-corrected chi connectivity index (χ3v) is 6.07. The zero-order valence-electron chi connectivity index (χ0n) is 18.1. The highest BCUT2D eigenvalue weighted by Crippen LogP contribution is 2.27. The summed E-state index contributed by atoms with van der Waals surface area (Å²) in [6.45, 7) is 4.34. The van der Waals surface area contributed by atoms with E-state index in [-0.39, 0.29) is 17.9 Å². The molecule has 3 aromatic rings. The van der Waals surface area contributed by atoms with E-state index < -0.39 is 0 Å². The molecule has 2 aromatic carbocycles. The molecule has 0 saturated heterocycles. The number of urea groups is 1. The fraction of sp³-hybridized carbons (Fsp3) is 0.360. The van der Waals surface area contributed by atoms with Gasteiger partial charge in [-0.3, -0.25) is 0 Å². The van der Waals surface area contributed by atoms with Gasteiger partial charge < -0.3 is 10.2 Å². The number of para-hydroxylation sites is 1. The summed E-state index contributed by atoms with van der Waals surface area (Å²) >= 11 is 0. The number of halogens is 1. The smallest absolute Gasteiger partial charge is 0.317 e. The van der Waals surface area contributed by atoms with E-state index in [0.29, 0.717) is 6.54 Å². The van der Waals surface area contributed by atoms with E-state index in [1.807, 2.05) is 53.8 Å². The molecule has 1 heterocycles. The fourth-order valence-corrected chi connectivity index (χ4v) is 4.37. The molecular weight excluding hydrogens is 391 g/mol. The lowest BCUT2D eigenvalue weighted by Gasteiger charge is -2.34. The second-order valence-corrected chi connectivity index (χ2v) is 8.27. The Morgan fingerprint density at radius 1 is 1.06 bits per heavy atom. The minimum Gasteiger partial charge on any atom is -0.317 e. The topological polar surface area (TPSA) is 50.2 Å². The van der Waals surface area contributed by atoms with Crippen LogP contribution in [0.5, 0.6) is 0 Å². The van der Waals surface area contributed by atoms with Crippen LogP contribution in [0.2, 0.25) is 0 Å². The lowest BCUT2D eigenvalue weighted by Crippen LogP contribution is -2.43. The Kier molecular flexibility index (Phi) is 6.35. The molecule has 1 aromatic heterocycles. The molecule has 2 amide bonds. The number of aromatic nitrogens is 2. The first-order chi connectivity index (χ1) is 15.0. The van der Waals surface area contributed by atoms with Crippen molar-refractivity contribution in [3.05, 3.63) is 77.4 Å². The van der Waals surface area contributed by atoms with Gasteiger partial charge in [0, 0.05) is 12.6 Å². The predicted octanol–water partition coefficient (Wildman–Crippen LogP) is 6.00. The van der Waals surface area contributed by atoms with Crippen LogP contribution < -0.4 is 5.32 Å². The maximum atomic E-state index is 13.4. The zero-order chi connectivity index (χ0) is 21.8. The molecule has 4 rings (SSSR count). The van der Waals surface area contributed by atoms with Crippen molar-refractivity contribution in [1.29, 1.82) is 0 Å². The summed E-state index contributed by atoms with van der Waals surface area (Å²) in [6.07, 6.45) is 5.46. The third kappa shape index (κ3) is 4.79. The van der Waals surface area contributed by atoms with Crippen molar-refractivity contribution in [3.8, 4) is 5.69 Å². The van der Waals surface area contributed by atoms with Crippen LogP contribution in [0, 0.1) is 19.7 Å². The largest absolute Gasteiger partial charge is 0.322 e. The Morgan fingerprint density at radius 3 is 2.42 bits per heavy atom. The van der Waals surface area contributed by atoms with E-state index >= 15 is 0 Å². The molecule has 1 aliphatic carbocycles.